The molecule has 2 atom stereocenters. The first-order valence-electron chi connectivity index (χ1n) is 25.5. The van der Waals surface area contributed by atoms with Crippen LogP contribution in [0.4, 0.5) is 0 Å². The molecule has 0 saturated carbocycles. The first-order valence-corrected chi connectivity index (χ1v) is 25.5. The van der Waals surface area contributed by atoms with Crippen LogP contribution in [0.25, 0.3) is 0 Å². The van der Waals surface area contributed by atoms with Crippen molar-refractivity contribution in [3.63, 3.8) is 0 Å². The molecule has 60 heavy (non-hydrogen) atoms. The van der Waals surface area contributed by atoms with Gasteiger partial charge in [-0.05, 0) is 51.4 Å². The van der Waals surface area contributed by atoms with Crippen LogP contribution in [-0.2, 0) is 42.9 Å². The summed E-state index contributed by atoms with van der Waals surface area (Å²) in [6.45, 7) is 10.2. The smallest absolute Gasteiger partial charge is 0.374 e. The van der Waals surface area contributed by atoms with Crippen molar-refractivity contribution in [2.75, 3.05) is 26.4 Å². The molecule has 0 heterocycles. The minimum Gasteiger partial charge on any atom is -0.466 e. The van der Waals surface area contributed by atoms with Gasteiger partial charge in [0.2, 0.25) is 5.78 Å². The van der Waals surface area contributed by atoms with Gasteiger partial charge < -0.3 is 18.9 Å². The zero-order chi connectivity index (χ0) is 44.2. The average Bonchev–Trinajstić information content (AvgIpc) is 3.25. The first kappa shape index (κ1) is 57.5. The van der Waals surface area contributed by atoms with Gasteiger partial charge in [0.25, 0.3) is 0 Å². The molecule has 0 aliphatic rings. The number of Topliss-reactive ketones (excluding diaryl/α,β-unsaturated/α-hetero) is 1. The Morgan fingerprint density at radius 3 is 0.967 bits per heavy atom. The van der Waals surface area contributed by atoms with E-state index in [9.17, 15) is 24.0 Å². The van der Waals surface area contributed by atoms with Crippen LogP contribution >= 0.6 is 0 Å². The number of hydrogen-bond acceptors (Lipinski definition) is 9. The molecular weight excluding hydrogens is 757 g/mol. The van der Waals surface area contributed by atoms with Gasteiger partial charge in [-0.2, -0.15) is 0 Å². The van der Waals surface area contributed by atoms with Gasteiger partial charge in [0.15, 0.2) is 0 Å². The molecule has 0 N–H and O–H groups in total. The molecule has 0 bridgehead atoms. The van der Waals surface area contributed by atoms with Gasteiger partial charge in [-0.25, -0.2) is 4.79 Å². The molecule has 0 spiro atoms. The standard InChI is InChI=1S/C51H94O9/c1-5-9-13-17-21-29-37-45(35-27-15-11-7-3)49(54)58-42-32-24-19-23-31-41-57-48(53)40-39-47(52)51(56)60-44-34-26-20-25-33-43-59-50(55)46(36-28-16-12-8-4)38-30-22-18-14-10-6-2/h45-46H,5-44H2,1-4H3. The summed E-state index contributed by atoms with van der Waals surface area (Å²) in [5, 5.41) is 0. The predicted octanol–water partition coefficient (Wildman–Crippen LogP) is 14.1. The minimum atomic E-state index is -0.897. The molecule has 0 rings (SSSR count). The molecule has 352 valence electrons. The van der Waals surface area contributed by atoms with Gasteiger partial charge in [0, 0.05) is 6.42 Å². The number of esters is 4. The fourth-order valence-corrected chi connectivity index (χ4v) is 7.61. The Kier molecular flexibility index (Phi) is 42.8. The van der Waals surface area contributed by atoms with E-state index in [1.165, 1.54) is 103 Å². The van der Waals surface area contributed by atoms with Crippen LogP contribution in [0.3, 0.4) is 0 Å². The third-order valence-corrected chi connectivity index (χ3v) is 11.6. The third-order valence-electron chi connectivity index (χ3n) is 11.6. The minimum absolute atomic E-state index is 0.0208. The average molecular weight is 851 g/mol. The molecule has 0 aromatic heterocycles. The van der Waals surface area contributed by atoms with Gasteiger partial charge in [-0.3, -0.25) is 19.2 Å². The molecule has 0 aliphatic carbocycles. The Labute approximate surface area is 368 Å². The Hall–Kier alpha value is -2.45. The first-order chi connectivity index (χ1) is 29.3. The summed E-state index contributed by atoms with van der Waals surface area (Å²) in [7, 11) is 0. The van der Waals surface area contributed by atoms with Crippen LogP contribution in [0.1, 0.15) is 259 Å². The van der Waals surface area contributed by atoms with E-state index in [1.807, 2.05) is 0 Å². The number of ketones is 1. The van der Waals surface area contributed by atoms with Crippen LogP contribution in [0.15, 0.2) is 0 Å². The highest BCUT2D eigenvalue weighted by Crippen LogP contribution is 2.22. The quantitative estimate of drug-likeness (QED) is 0.0255. The van der Waals surface area contributed by atoms with Gasteiger partial charge >= 0.3 is 23.9 Å². The van der Waals surface area contributed by atoms with E-state index in [0.717, 1.165) is 109 Å². The number of hydrogen-bond donors (Lipinski definition) is 0. The molecule has 0 aromatic rings. The molecule has 0 amide bonds. The summed E-state index contributed by atoms with van der Waals surface area (Å²) in [4.78, 5) is 62.0. The van der Waals surface area contributed by atoms with Crippen molar-refractivity contribution in [1.82, 2.24) is 0 Å². The molecule has 0 aliphatic heterocycles. The Balaban J connectivity index is 3.96. The highest BCUT2D eigenvalue weighted by atomic mass is 16.5. The second kappa shape index (κ2) is 44.6. The van der Waals surface area contributed by atoms with Crippen molar-refractivity contribution in [1.29, 1.82) is 0 Å². The van der Waals surface area contributed by atoms with Crippen molar-refractivity contribution in [3.8, 4) is 0 Å². The predicted molar refractivity (Wildman–Crippen MR) is 245 cm³/mol. The van der Waals surface area contributed by atoms with E-state index in [-0.39, 0.29) is 49.8 Å². The lowest BCUT2D eigenvalue weighted by Gasteiger charge is -2.16. The Bertz CT molecular complexity index is 1030. The second-order valence-electron chi connectivity index (χ2n) is 17.4. The number of carbonyl (C=O) groups excluding carboxylic acids is 5. The summed E-state index contributed by atoms with van der Waals surface area (Å²) >= 11 is 0. The number of unbranched alkanes of at least 4 members (excludes halogenated alkanes) is 24. The maximum Gasteiger partial charge on any atom is 0.374 e. The van der Waals surface area contributed by atoms with Gasteiger partial charge in [0.05, 0.1) is 44.7 Å². The van der Waals surface area contributed by atoms with Crippen LogP contribution in [0.2, 0.25) is 0 Å². The molecular formula is C51H94O9. The summed E-state index contributed by atoms with van der Waals surface area (Å²) < 4.78 is 21.7. The Morgan fingerprint density at radius 2 is 0.600 bits per heavy atom. The SMILES string of the molecule is CCCCCCCCC(CCCCCC)C(=O)OCCCCCCCOC(=O)CCC(=O)C(=O)OCCCCCCCOC(=O)C(CCCCCC)CCCCCCCC. The van der Waals surface area contributed by atoms with E-state index in [1.54, 1.807) is 0 Å². The van der Waals surface area contributed by atoms with Crippen molar-refractivity contribution in [2.45, 2.75) is 259 Å². The highest BCUT2D eigenvalue weighted by Gasteiger charge is 2.21. The topological polar surface area (TPSA) is 122 Å². The van der Waals surface area contributed by atoms with Crippen LogP contribution < -0.4 is 0 Å². The van der Waals surface area contributed by atoms with Crippen molar-refractivity contribution in [2.24, 2.45) is 11.8 Å². The van der Waals surface area contributed by atoms with E-state index in [4.69, 9.17) is 18.9 Å². The molecule has 9 nitrogen and oxygen atoms in total. The summed E-state index contributed by atoms with van der Waals surface area (Å²) in [5.74, 6) is -2.09. The lowest BCUT2D eigenvalue weighted by Crippen LogP contribution is -2.19. The van der Waals surface area contributed by atoms with Crippen LogP contribution in [-0.4, -0.2) is 56.1 Å². The molecule has 0 radical (unpaired) electrons. The summed E-state index contributed by atoms with van der Waals surface area (Å²) in [6.07, 6.45) is 36.1. The van der Waals surface area contributed by atoms with E-state index < -0.39 is 17.7 Å². The van der Waals surface area contributed by atoms with E-state index >= 15 is 0 Å². The lowest BCUT2D eigenvalue weighted by atomic mass is 9.94. The summed E-state index contributed by atoms with van der Waals surface area (Å²) in [5.41, 5.74) is 0. The summed E-state index contributed by atoms with van der Waals surface area (Å²) in [6, 6.07) is 0. The van der Waals surface area contributed by atoms with Crippen molar-refractivity contribution < 1.29 is 42.9 Å². The zero-order valence-electron chi connectivity index (χ0n) is 39.6. The van der Waals surface area contributed by atoms with Gasteiger partial charge in [-0.15, -0.1) is 0 Å². The van der Waals surface area contributed by atoms with Gasteiger partial charge in [-0.1, -0.05) is 195 Å². The van der Waals surface area contributed by atoms with Gasteiger partial charge in [0.1, 0.15) is 0 Å². The third kappa shape index (κ3) is 37.3. The van der Waals surface area contributed by atoms with Crippen molar-refractivity contribution >= 4 is 29.7 Å². The molecule has 9 heteroatoms. The zero-order valence-corrected chi connectivity index (χ0v) is 39.6. The van der Waals surface area contributed by atoms with E-state index in [0.29, 0.717) is 19.6 Å². The molecule has 0 aromatic carbocycles. The van der Waals surface area contributed by atoms with E-state index in [2.05, 4.69) is 27.7 Å². The molecule has 0 fully saturated rings. The lowest BCUT2D eigenvalue weighted by molar-refractivity contribution is -0.155. The molecule has 2 unspecified atom stereocenters. The van der Waals surface area contributed by atoms with Crippen molar-refractivity contribution in [3.05, 3.63) is 0 Å². The maximum absolute atomic E-state index is 12.8. The number of carbonyl (C=O) groups is 5. The Morgan fingerprint density at radius 1 is 0.317 bits per heavy atom. The number of rotatable bonds is 46. The molecule has 0 saturated heterocycles. The maximum atomic E-state index is 12.8. The highest BCUT2D eigenvalue weighted by molar-refractivity contribution is 6.33. The normalized spacial score (nSPS) is 12.2. The van der Waals surface area contributed by atoms with Crippen LogP contribution in [0.5, 0.6) is 0 Å². The van der Waals surface area contributed by atoms with Crippen LogP contribution in [0, 0.1) is 11.8 Å². The fourth-order valence-electron chi connectivity index (χ4n) is 7.61. The fraction of sp³-hybridized carbons (Fsp3) is 0.902. The number of ether oxygens (including phenoxy) is 4. The monoisotopic (exact) mass is 851 g/mol. The second-order valence-corrected chi connectivity index (χ2v) is 17.4. The largest absolute Gasteiger partial charge is 0.466 e.